The summed E-state index contributed by atoms with van der Waals surface area (Å²) in [6.45, 7) is 4.58. The van der Waals surface area contributed by atoms with Gasteiger partial charge in [0.15, 0.2) is 11.6 Å². The lowest BCUT2D eigenvalue weighted by Crippen LogP contribution is -2.45. The standard InChI is InChI=1S/C24H25ClFN3O5S/c1-4-19(30)28-14-5-6-34-11-12(14)7-13-8-15-18(10-27-13)35-24(29-15)23(31)20-21(25)16(32-2)9-17(33-3)22(20)26/h4,8-10,12,14,23,31H,1,5-7,11H2,2-3H3,(H,28,30). The number of fused-ring (bicyclic) bond motifs is 1. The van der Waals surface area contributed by atoms with Gasteiger partial charge in [-0.25, -0.2) is 9.37 Å². The molecule has 8 nitrogen and oxygen atoms in total. The fourth-order valence-electron chi connectivity index (χ4n) is 4.09. The second kappa shape index (κ2) is 10.9. The van der Waals surface area contributed by atoms with Crippen molar-refractivity contribution >= 4 is 39.1 Å². The third-order valence-electron chi connectivity index (χ3n) is 5.92. The fourth-order valence-corrected chi connectivity index (χ4v) is 5.32. The van der Waals surface area contributed by atoms with Crippen molar-refractivity contribution in [2.75, 3.05) is 27.4 Å². The number of benzene rings is 1. The smallest absolute Gasteiger partial charge is 0.243 e. The van der Waals surface area contributed by atoms with Crippen LogP contribution in [0.2, 0.25) is 5.02 Å². The van der Waals surface area contributed by atoms with E-state index in [4.69, 9.17) is 25.8 Å². The molecule has 3 heterocycles. The topological polar surface area (TPSA) is 103 Å². The molecule has 186 valence electrons. The first-order valence-corrected chi connectivity index (χ1v) is 12.1. The Bertz CT molecular complexity index is 1230. The summed E-state index contributed by atoms with van der Waals surface area (Å²) < 4.78 is 31.6. The number of hydrogen-bond acceptors (Lipinski definition) is 8. The number of amides is 1. The van der Waals surface area contributed by atoms with E-state index >= 15 is 4.39 Å². The van der Waals surface area contributed by atoms with Crippen LogP contribution >= 0.6 is 22.9 Å². The normalized spacial score (nSPS) is 18.8. The summed E-state index contributed by atoms with van der Waals surface area (Å²) in [5, 5.41) is 14.2. The highest BCUT2D eigenvalue weighted by Crippen LogP contribution is 2.42. The summed E-state index contributed by atoms with van der Waals surface area (Å²) in [5.41, 5.74) is 1.21. The number of aliphatic hydroxyl groups excluding tert-OH is 1. The number of hydrogen-bond donors (Lipinski definition) is 2. The van der Waals surface area contributed by atoms with Gasteiger partial charge in [0, 0.05) is 42.1 Å². The number of carbonyl (C=O) groups excluding carboxylic acids is 1. The molecular formula is C24H25ClFN3O5S. The van der Waals surface area contributed by atoms with Gasteiger partial charge in [-0.3, -0.25) is 9.78 Å². The maximum Gasteiger partial charge on any atom is 0.243 e. The van der Waals surface area contributed by atoms with E-state index in [1.807, 2.05) is 6.07 Å². The predicted octanol–water partition coefficient (Wildman–Crippen LogP) is 3.83. The molecule has 0 radical (unpaired) electrons. The zero-order chi connectivity index (χ0) is 25.1. The van der Waals surface area contributed by atoms with Crippen LogP contribution in [0.25, 0.3) is 10.2 Å². The molecular weight excluding hydrogens is 497 g/mol. The molecule has 4 rings (SSSR count). The number of nitrogens with zero attached hydrogens (tertiary/aromatic N) is 2. The van der Waals surface area contributed by atoms with Crippen molar-refractivity contribution in [2.45, 2.75) is 25.0 Å². The lowest BCUT2D eigenvalue weighted by atomic mass is 9.91. The summed E-state index contributed by atoms with van der Waals surface area (Å²) in [6, 6.07) is 3.10. The van der Waals surface area contributed by atoms with E-state index in [0.717, 1.165) is 10.4 Å². The SMILES string of the molecule is C=CC(=O)NC1CCOCC1Cc1cc2nc(C(O)c3c(F)c(OC)cc(OC)c3Cl)sc2cn1. The molecule has 0 bridgehead atoms. The van der Waals surface area contributed by atoms with E-state index in [-0.39, 0.29) is 45.0 Å². The van der Waals surface area contributed by atoms with Gasteiger partial charge in [0.1, 0.15) is 16.9 Å². The summed E-state index contributed by atoms with van der Waals surface area (Å²) in [5.74, 6) is -0.884. The molecule has 3 aromatic rings. The highest BCUT2D eigenvalue weighted by atomic mass is 35.5. The van der Waals surface area contributed by atoms with E-state index in [2.05, 4.69) is 21.9 Å². The monoisotopic (exact) mass is 521 g/mol. The van der Waals surface area contributed by atoms with Gasteiger partial charge >= 0.3 is 0 Å². The second-order valence-electron chi connectivity index (χ2n) is 8.07. The van der Waals surface area contributed by atoms with Gasteiger partial charge in [-0.05, 0) is 25.0 Å². The number of rotatable bonds is 8. The molecule has 0 spiro atoms. The third-order valence-corrected chi connectivity index (χ3v) is 7.37. The molecule has 0 aliphatic carbocycles. The molecule has 1 saturated heterocycles. The Morgan fingerprint density at radius 1 is 1.43 bits per heavy atom. The minimum Gasteiger partial charge on any atom is -0.495 e. The molecule has 3 unspecified atom stereocenters. The highest BCUT2D eigenvalue weighted by molar-refractivity contribution is 7.18. The number of methoxy groups -OCH3 is 2. The van der Waals surface area contributed by atoms with E-state index in [0.29, 0.717) is 31.6 Å². The molecule has 1 fully saturated rings. The molecule has 3 atom stereocenters. The van der Waals surface area contributed by atoms with Crippen LogP contribution in [-0.2, 0) is 16.0 Å². The third kappa shape index (κ3) is 5.25. The van der Waals surface area contributed by atoms with Crippen molar-refractivity contribution < 1.29 is 28.5 Å². The molecule has 2 aromatic heterocycles. The van der Waals surface area contributed by atoms with E-state index in [1.165, 1.54) is 37.7 Å². The number of aliphatic hydroxyl groups is 1. The van der Waals surface area contributed by atoms with E-state index in [1.54, 1.807) is 6.20 Å². The van der Waals surface area contributed by atoms with Crippen molar-refractivity contribution in [2.24, 2.45) is 5.92 Å². The van der Waals surface area contributed by atoms with Gasteiger partial charge in [-0.15, -0.1) is 11.3 Å². The van der Waals surface area contributed by atoms with Gasteiger partial charge in [0.05, 0.1) is 36.1 Å². The Labute approximate surface area is 210 Å². The number of nitrogens with one attached hydrogen (secondary N) is 1. The average Bonchev–Trinajstić information content (AvgIpc) is 3.29. The summed E-state index contributed by atoms with van der Waals surface area (Å²) in [4.78, 5) is 20.8. The minimum absolute atomic E-state index is 0.0402. The minimum atomic E-state index is -1.43. The quantitative estimate of drug-likeness (QED) is 0.434. The van der Waals surface area contributed by atoms with Crippen LogP contribution in [0.3, 0.4) is 0 Å². The van der Waals surface area contributed by atoms with Gasteiger partial charge in [-0.2, -0.15) is 0 Å². The zero-order valence-corrected chi connectivity index (χ0v) is 20.8. The maximum atomic E-state index is 15.0. The summed E-state index contributed by atoms with van der Waals surface area (Å²) in [7, 11) is 2.71. The molecule has 2 N–H and O–H groups in total. The lowest BCUT2D eigenvalue weighted by molar-refractivity contribution is -0.118. The Kier molecular flexibility index (Phi) is 7.85. The Morgan fingerprint density at radius 2 is 2.20 bits per heavy atom. The average molecular weight is 522 g/mol. The van der Waals surface area contributed by atoms with Crippen LogP contribution in [0, 0.1) is 11.7 Å². The number of pyridine rings is 1. The molecule has 1 aliphatic heterocycles. The Hall–Kier alpha value is -2.79. The maximum absolute atomic E-state index is 15.0. The Balaban J connectivity index is 1.61. The molecule has 1 aromatic carbocycles. The van der Waals surface area contributed by atoms with Crippen LogP contribution in [0.5, 0.6) is 11.5 Å². The second-order valence-corrected chi connectivity index (χ2v) is 9.51. The lowest BCUT2D eigenvalue weighted by Gasteiger charge is -2.31. The van der Waals surface area contributed by atoms with E-state index < -0.39 is 11.9 Å². The van der Waals surface area contributed by atoms with Crippen LogP contribution in [-0.4, -0.2) is 54.5 Å². The molecule has 11 heteroatoms. The van der Waals surface area contributed by atoms with Crippen molar-refractivity contribution in [3.05, 3.63) is 58.1 Å². The van der Waals surface area contributed by atoms with Crippen LogP contribution in [0.1, 0.15) is 28.8 Å². The van der Waals surface area contributed by atoms with Crippen LogP contribution in [0.15, 0.2) is 31.0 Å². The van der Waals surface area contributed by atoms with Gasteiger partial charge < -0.3 is 24.6 Å². The largest absolute Gasteiger partial charge is 0.495 e. The summed E-state index contributed by atoms with van der Waals surface area (Å²) >= 11 is 7.50. The molecule has 1 aliphatic rings. The first kappa shape index (κ1) is 25.3. The predicted molar refractivity (Wildman–Crippen MR) is 131 cm³/mol. The van der Waals surface area contributed by atoms with Crippen LogP contribution < -0.4 is 14.8 Å². The number of thiazole rings is 1. The van der Waals surface area contributed by atoms with Crippen molar-refractivity contribution in [3.63, 3.8) is 0 Å². The first-order valence-electron chi connectivity index (χ1n) is 10.9. The molecule has 35 heavy (non-hydrogen) atoms. The molecule has 0 saturated carbocycles. The first-order chi connectivity index (χ1) is 16.9. The summed E-state index contributed by atoms with van der Waals surface area (Å²) in [6.07, 6.45) is 2.77. The number of ether oxygens (including phenoxy) is 3. The Morgan fingerprint density at radius 3 is 2.91 bits per heavy atom. The number of halogens is 2. The molecule has 1 amide bonds. The van der Waals surface area contributed by atoms with Gasteiger partial charge in [-0.1, -0.05) is 18.2 Å². The van der Waals surface area contributed by atoms with E-state index in [9.17, 15) is 9.90 Å². The van der Waals surface area contributed by atoms with Gasteiger partial charge in [0.2, 0.25) is 5.91 Å². The highest BCUT2D eigenvalue weighted by Gasteiger charge is 2.29. The number of carbonyl (C=O) groups is 1. The fraction of sp³-hybridized carbons (Fsp3) is 0.375. The van der Waals surface area contributed by atoms with Crippen LogP contribution in [0.4, 0.5) is 4.39 Å². The van der Waals surface area contributed by atoms with Crippen molar-refractivity contribution in [1.29, 1.82) is 0 Å². The van der Waals surface area contributed by atoms with Gasteiger partial charge in [0.25, 0.3) is 0 Å². The van der Waals surface area contributed by atoms with Crippen molar-refractivity contribution in [1.82, 2.24) is 15.3 Å². The van der Waals surface area contributed by atoms with Crippen molar-refractivity contribution in [3.8, 4) is 11.5 Å². The zero-order valence-electron chi connectivity index (χ0n) is 19.2. The number of aromatic nitrogens is 2.